The van der Waals surface area contributed by atoms with Gasteiger partial charge in [0.25, 0.3) is 0 Å². The van der Waals surface area contributed by atoms with Crippen molar-refractivity contribution in [2.45, 2.75) is 44.9 Å². The molecule has 1 N–H and O–H groups in total. The number of aromatic nitrogens is 3. The smallest absolute Gasteiger partial charge is 0.230 e. The lowest BCUT2D eigenvalue weighted by molar-refractivity contribution is -0.119. The van der Waals surface area contributed by atoms with Gasteiger partial charge < -0.3 is 9.88 Å². The highest BCUT2D eigenvalue weighted by Crippen LogP contribution is 2.27. The molecule has 1 amide bonds. The fourth-order valence-corrected chi connectivity index (χ4v) is 4.29. The number of rotatable bonds is 8. The third kappa shape index (κ3) is 4.99. The Hall–Kier alpha value is -2.12. The summed E-state index contributed by atoms with van der Waals surface area (Å²) in [5, 5.41) is 14.6. The van der Waals surface area contributed by atoms with E-state index in [1.54, 1.807) is 11.3 Å². The number of carbonyl (C=O) groups is 1. The van der Waals surface area contributed by atoms with Crippen molar-refractivity contribution in [1.82, 2.24) is 20.1 Å². The van der Waals surface area contributed by atoms with E-state index < -0.39 is 0 Å². The molecular formula is C20H24N4OS2. The topological polar surface area (TPSA) is 59.8 Å². The predicted octanol–water partition coefficient (Wildman–Crippen LogP) is 4.69. The van der Waals surface area contributed by atoms with Crippen LogP contribution in [-0.2, 0) is 11.3 Å². The summed E-state index contributed by atoms with van der Waals surface area (Å²) in [5.41, 5.74) is 2.19. The van der Waals surface area contributed by atoms with Gasteiger partial charge in [0.2, 0.25) is 5.91 Å². The molecule has 0 bridgehead atoms. The molecule has 0 radical (unpaired) electrons. The van der Waals surface area contributed by atoms with Gasteiger partial charge in [-0.2, -0.15) is 0 Å². The molecule has 7 heteroatoms. The van der Waals surface area contributed by atoms with E-state index in [9.17, 15) is 4.79 Å². The van der Waals surface area contributed by atoms with Crippen LogP contribution >= 0.6 is 23.1 Å². The Morgan fingerprint density at radius 1 is 1.30 bits per heavy atom. The quantitative estimate of drug-likeness (QED) is 0.557. The van der Waals surface area contributed by atoms with Gasteiger partial charge in [0.15, 0.2) is 11.0 Å². The number of hydrogen-bond donors (Lipinski definition) is 1. The third-order valence-corrected chi connectivity index (χ3v) is 5.99. The summed E-state index contributed by atoms with van der Waals surface area (Å²) in [4.78, 5) is 13.6. The van der Waals surface area contributed by atoms with E-state index in [-0.39, 0.29) is 11.9 Å². The largest absolute Gasteiger partial charge is 0.349 e. The fraction of sp³-hybridized carbons (Fsp3) is 0.350. The first kappa shape index (κ1) is 19.6. The number of nitrogens with zero attached hydrogens (tertiary/aromatic N) is 3. The lowest BCUT2D eigenvalue weighted by Crippen LogP contribution is -2.28. The van der Waals surface area contributed by atoms with E-state index in [2.05, 4.69) is 45.4 Å². The summed E-state index contributed by atoms with van der Waals surface area (Å²) in [6.07, 6.45) is 0.985. The van der Waals surface area contributed by atoms with Gasteiger partial charge in [-0.15, -0.1) is 21.5 Å². The van der Waals surface area contributed by atoms with Crippen LogP contribution in [0.4, 0.5) is 0 Å². The number of benzene rings is 1. The molecule has 3 rings (SSSR count). The molecular weight excluding hydrogens is 376 g/mol. The van der Waals surface area contributed by atoms with E-state index in [1.807, 2.05) is 37.3 Å². The first-order valence-corrected chi connectivity index (χ1v) is 10.9. The second kappa shape index (κ2) is 9.19. The van der Waals surface area contributed by atoms with Crippen molar-refractivity contribution in [3.05, 3.63) is 52.2 Å². The van der Waals surface area contributed by atoms with Crippen LogP contribution in [0.2, 0.25) is 0 Å². The molecule has 0 saturated heterocycles. The predicted molar refractivity (Wildman–Crippen MR) is 112 cm³/mol. The minimum absolute atomic E-state index is 0.00432. The SMILES string of the molecule is CCCn1c(SCC(=O)NC(C)c2ccccc2)nnc1-c1csc(C)c1. The molecule has 0 fully saturated rings. The number of thiophene rings is 1. The van der Waals surface area contributed by atoms with Crippen LogP contribution in [0.3, 0.4) is 0 Å². The molecule has 2 heterocycles. The zero-order valence-electron chi connectivity index (χ0n) is 15.8. The molecule has 0 saturated carbocycles. The maximum absolute atomic E-state index is 12.4. The average molecular weight is 401 g/mol. The summed E-state index contributed by atoms with van der Waals surface area (Å²) in [7, 11) is 0. The van der Waals surface area contributed by atoms with Crippen molar-refractivity contribution in [3.63, 3.8) is 0 Å². The van der Waals surface area contributed by atoms with Gasteiger partial charge in [0, 0.05) is 22.4 Å². The normalized spacial score (nSPS) is 12.1. The standard InChI is InChI=1S/C20H24N4OS2/c1-4-10-24-19(17-11-14(2)26-12-17)22-23-20(24)27-13-18(25)21-15(3)16-8-6-5-7-9-16/h5-9,11-12,15H,4,10,13H2,1-3H3,(H,21,25). The Bertz CT molecular complexity index is 889. The molecule has 0 aliphatic carbocycles. The molecule has 1 unspecified atom stereocenters. The van der Waals surface area contributed by atoms with Crippen LogP contribution in [0.5, 0.6) is 0 Å². The Morgan fingerprint density at radius 2 is 2.07 bits per heavy atom. The van der Waals surface area contributed by atoms with Gasteiger partial charge in [-0.25, -0.2) is 0 Å². The first-order chi connectivity index (χ1) is 13.1. The van der Waals surface area contributed by atoms with Gasteiger partial charge in [-0.05, 0) is 31.9 Å². The van der Waals surface area contributed by atoms with Crippen LogP contribution in [0.25, 0.3) is 11.4 Å². The fourth-order valence-electron chi connectivity index (χ4n) is 2.83. The molecule has 3 aromatic rings. The van der Waals surface area contributed by atoms with Gasteiger partial charge in [-0.3, -0.25) is 4.79 Å². The van der Waals surface area contributed by atoms with Crippen molar-refractivity contribution in [2.75, 3.05) is 5.75 Å². The molecule has 142 valence electrons. The Balaban J connectivity index is 1.65. The number of thioether (sulfide) groups is 1. The average Bonchev–Trinajstić information content (AvgIpc) is 3.27. The number of nitrogens with one attached hydrogen (secondary N) is 1. The summed E-state index contributed by atoms with van der Waals surface area (Å²) in [5.74, 6) is 1.19. The lowest BCUT2D eigenvalue weighted by Gasteiger charge is -2.14. The minimum atomic E-state index is -0.0165. The van der Waals surface area contributed by atoms with Gasteiger partial charge in [-0.1, -0.05) is 49.0 Å². The van der Waals surface area contributed by atoms with E-state index >= 15 is 0 Å². The summed E-state index contributed by atoms with van der Waals surface area (Å²) in [6.45, 7) is 7.05. The van der Waals surface area contributed by atoms with Crippen molar-refractivity contribution in [1.29, 1.82) is 0 Å². The first-order valence-electron chi connectivity index (χ1n) is 9.04. The number of amides is 1. The summed E-state index contributed by atoms with van der Waals surface area (Å²) in [6, 6.07) is 12.1. The lowest BCUT2D eigenvalue weighted by atomic mass is 10.1. The monoisotopic (exact) mass is 400 g/mol. The van der Waals surface area contributed by atoms with Gasteiger partial charge in [0.05, 0.1) is 11.8 Å². The summed E-state index contributed by atoms with van der Waals surface area (Å²) >= 11 is 3.14. The highest BCUT2D eigenvalue weighted by Gasteiger charge is 2.17. The highest BCUT2D eigenvalue weighted by molar-refractivity contribution is 7.99. The van der Waals surface area contributed by atoms with E-state index in [1.165, 1.54) is 16.6 Å². The molecule has 5 nitrogen and oxygen atoms in total. The molecule has 1 atom stereocenters. The van der Waals surface area contributed by atoms with Crippen molar-refractivity contribution in [3.8, 4) is 11.4 Å². The highest BCUT2D eigenvalue weighted by atomic mass is 32.2. The molecule has 0 aliphatic heterocycles. The van der Waals surface area contributed by atoms with Crippen molar-refractivity contribution >= 4 is 29.0 Å². The molecule has 27 heavy (non-hydrogen) atoms. The summed E-state index contributed by atoms with van der Waals surface area (Å²) < 4.78 is 2.11. The zero-order chi connectivity index (χ0) is 19.2. The second-order valence-electron chi connectivity index (χ2n) is 6.39. The Labute approximate surface area is 168 Å². The van der Waals surface area contributed by atoms with Crippen LogP contribution < -0.4 is 5.32 Å². The number of hydrogen-bond acceptors (Lipinski definition) is 5. The third-order valence-electron chi connectivity index (χ3n) is 4.16. The maximum Gasteiger partial charge on any atom is 0.230 e. The molecule has 0 spiro atoms. The van der Waals surface area contributed by atoms with Gasteiger partial charge >= 0.3 is 0 Å². The van der Waals surface area contributed by atoms with E-state index in [4.69, 9.17) is 0 Å². The zero-order valence-corrected chi connectivity index (χ0v) is 17.4. The Kier molecular flexibility index (Phi) is 6.68. The minimum Gasteiger partial charge on any atom is -0.349 e. The van der Waals surface area contributed by atoms with Crippen LogP contribution in [0, 0.1) is 6.92 Å². The number of aryl methyl sites for hydroxylation is 1. The van der Waals surface area contributed by atoms with E-state index in [0.717, 1.165) is 35.1 Å². The number of carbonyl (C=O) groups excluding carboxylic acids is 1. The van der Waals surface area contributed by atoms with E-state index in [0.29, 0.717) is 5.75 Å². The van der Waals surface area contributed by atoms with Crippen molar-refractivity contribution < 1.29 is 4.79 Å². The molecule has 1 aromatic carbocycles. The van der Waals surface area contributed by atoms with Crippen molar-refractivity contribution in [2.24, 2.45) is 0 Å². The maximum atomic E-state index is 12.4. The van der Waals surface area contributed by atoms with Crippen LogP contribution in [-0.4, -0.2) is 26.4 Å². The second-order valence-corrected chi connectivity index (χ2v) is 8.45. The van der Waals surface area contributed by atoms with Crippen LogP contribution in [0.15, 0.2) is 46.9 Å². The van der Waals surface area contributed by atoms with Gasteiger partial charge in [0.1, 0.15) is 0 Å². The Morgan fingerprint density at radius 3 is 2.74 bits per heavy atom. The molecule has 2 aromatic heterocycles. The molecule has 0 aliphatic rings. The van der Waals surface area contributed by atoms with Crippen LogP contribution in [0.1, 0.15) is 36.8 Å².